The fourth-order valence-electron chi connectivity index (χ4n) is 3.61. The Labute approximate surface area is 174 Å². The molecule has 1 aliphatic heterocycles. The van der Waals surface area contributed by atoms with Gasteiger partial charge in [-0.25, -0.2) is 4.68 Å². The number of likely N-dealkylation sites (tertiary alicyclic amines) is 1. The second-order valence-electron chi connectivity index (χ2n) is 6.54. The van der Waals surface area contributed by atoms with Gasteiger partial charge in [0.15, 0.2) is 0 Å². The first kappa shape index (κ1) is 17.6. The zero-order valence-electron chi connectivity index (χ0n) is 14.3. The standard InChI is InChI=1S/C19H16ClN3OS3/c20-16-12-5-1-2-7-14(12)27-17(16)18-21-23(19(25)24-18)11-22-9-3-6-13(22)15-8-4-10-26-15/h1-2,4-5,7-8,10,13H,3,6,9,11H2/t13-/m1/s1. The first-order valence-electron chi connectivity index (χ1n) is 8.73. The molecule has 0 bridgehead atoms. The van der Waals surface area contributed by atoms with Crippen molar-refractivity contribution in [2.75, 3.05) is 6.54 Å². The van der Waals surface area contributed by atoms with Crippen molar-refractivity contribution in [3.05, 3.63) is 56.5 Å². The fraction of sp³-hybridized carbons (Fsp3) is 0.263. The van der Waals surface area contributed by atoms with Crippen molar-refractivity contribution >= 4 is 56.6 Å². The van der Waals surface area contributed by atoms with Gasteiger partial charge in [-0.05, 0) is 42.6 Å². The van der Waals surface area contributed by atoms with Gasteiger partial charge in [0, 0.05) is 27.5 Å². The molecular weight excluding hydrogens is 418 g/mol. The molecule has 0 N–H and O–H groups in total. The monoisotopic (exact) mass is 433 g/mol. The molecule has 1 aliphatic rings. The summed E-state index contributed by atoms with van der Waals surface area (Å²) in [5, 5.41) is 8.48. The van der Waals surface area contributed by atoms with Crippen LogP contribution in [0.3, 0.4) is 0 Å². The molecule has 4 heterocycles. The summed E-state index contributed by atoms with van der Waals surface area (Å²) in [5.41, 5.74) is 0. The molecule has 1 atom stereocenters. The van der Waals surface area contributed by atoms with Crippen LogP contribution in [-0.4, -0.2) is 21.2 Å². The number of rotatable bonds is 4. The number of nitrogens with zero attached hydrogens (tertiary/aromatic N) is 3. The average molecular weight is 434 g/mol. The first-order chi connectivity index (χ1) is 13.2. The van der Waals surface area contributed by atoms with Crippen molar-refractivity contribution in [2.24, 2.45) is 0 Å². The van der Waals surface area contributed by atoms with E-state index in [0.29, 0.717) is 28.5 Å². The minimum atomic E-state index is 0.385. The minimum absolute atomic E-state index is 0.385. The van der Waals surface area contributed by atoms with Crippen molar-refractivity contribution in [1.29, 1.82) is 0 Å². The predicted octanol–water partition coefficient (Wildman–Crippen LogP) is 6.60. The van der Waals surface area contributed by atoms with Crippen LogP contribution in [0.4, 0.5) is 0 Å². The van der Waals surface area contributed by atoms with E-state index < -0.39 is 0 Å². The summed E-state index contributed by atoms with van der Waals surface area (Å²) in [7, 11) is 0. The van der Waals surface area contributed by atoms with Gasteiger partial charge in [0.2, 0.25) is 0 Å². The van der Waals surface area contributed by atoms with Crippen LogP contribution in [0, 0.1) is 4.84 Å². The third kappa shape index (κ3) is 3.17. The van der Waals surface area contributed by atoms with Crippen molar-refractivity contribution in [2.45, 2.75) is 25.6 Å². The lowest BCUT2D eigenvalue weighted by atomic mass is 10.2. The second kappa shape index (κ2) is 7.14. The van der Waals surface area contributed by atoms with Crippen LogP contribution < -0.4 is 0 Å². The number of fused-ring (bicyclic) bond motifs is 1. The quantitative estimate of drug-likeness (QED) is 0.339. The van der Waals surface area contributed by atoms with Gasteiger partial charge in [0.25, 0.3) is 10.7 Å². The van der Waals surface area contributed by atoms with E-state index in [4.69, 9.17) is 28.2 Å². The maximum Gasteiger partial charge on any atom is 0.288 e. The molecule has 1 saturated heterocycles. The van der Waals surface area contributed by atoms with E-state index in [0.717, 1.165) is 21.5 Å². The summed E-state index contributed by atoms with van der Waals surface area (Å²) in [6, 6.07) is 12.8. The lowest BCUT2D eigenvalue weighted by molar-refractivity contribution is 0.190. The van der Waals surface area contributed by atoms with Crippen LogP contribution >= 0.6 is 46.5 Å². The molecule has 27 heavy (non-hydrogen) atoms. The Bertz CT molecular complexity index is 1140. The topological polar surface area (TPSA) is 34.2 Å². The van der Waals surface area contributed by atoms with Crippen LogP contribution in [0.2, 0.25) is 5.02 Å². The van der Waals surface area contributed by atoms with E-state index in [1.807, 2.05) is 29.5 Å². The fourth-order valence-corrected chi connectivity index (χ4v) is 6.12. The maximum atomic E-state index is 6.57. The second-order valence-corrected chi connectivity index (χ2v) is 9.30. The van der Waals surface area contributed by atoms with Gasteiger partial charge >= 0.3 is 0 Å². The highest BCUT2D eigenvalue weighted by atomic mass is 35.5. The molecule has 4 aromatic rings. The molecule has 3 aromatic heterocycles. The summed E-state index contributed by atoms with van der Waals surface area (Å²) >= 11 is 15.4. The highest BCUT2D eigenvalue weighted by Gasteiger charge is 2.28. The molecule has 0 saturated carbocycles. The number of benzene rings is 1. The number of halogens is 1. The maximum absolute atomic E-state index is 6.57. The summed E-state index contributed by atoms with van der Waals surface area (Å²) < 4.78 is 8.71. The number of thiophene rings is 2. The third-order valence-electron chi connectivity index (χ3n) is 4.89. The number of aromatic nitrogens is 2. The van der Waals surface area contributed by atoms with Crippen molar-refractivity contribution in [1.82, 2.24) is 14.7 Å². The van der Waals surface area contributed by atoms with Crippen molar-refractivity contribution in [3.63, 3.8) is 0 Å². The molecule has 0 aliphatic carbocycles. The molecule has 4 nitrogen and oxygen atoms in total. The Balaban J connectivity index is 1.46. The van der Waals surface area contributed by atoms with Gasteiger partial charge in [-0.1, -0.05) is 35.9 Å². The zero-order valence-corrected chi connectivity index (χ0v) is 17.5. The molecule has 0 radical (unpaired) electrons. The Morgan fingerprint density at radius 1 is 1.26 bits per heavy atom. The minimum Gasteiger partial charge on any atom is -0.408 e. The lowest BCUT2D eigenvalue weighted by Crippen LogP contribution is -2.26. The van der Waals surface area contributed by atoms with Crippen LogP contribution in [0.25, 0.3) is 20.9 Å². The van der Waals surface area contributed by atoms with Crippen molar-refractivity contribution in [3.8, 4) is 10.8 Å². The van der Waals surface area contributed by atoms with Crippen LogP contribution in [0.1, 0.15) is 23.8 Å². The van der Waals surface area contributed by atoms with Crippen LogP contribution in [0.15, 0.2) is 46.2 Å². The van der Waals surface area contributed by atoms with E-state index in [1.54, 1.807) is 16.0 Å². The zero-order chi connectivity index (χ0) is 18.4. The lowest BCUT2D eigenvalue weighted by Gasteiger charge is -2.22. The summed E-state index contributed by atoms with van der Waals surface area (Å²) in [5.74, 6) is 0.498. The summed E-state index contributed by atoms with van der Waals surface area (Å²) in [6.45, 7) is 1.67. The molecule has 5 rings (SSSR count). The van der Waals surface area contributed by atoms with Gasteiger partial charge in [-0.2, -0.15) is 0 Å². The van der Waals surface area contributed by atoms with Crippen molar-refractivity contribution < 1.29 is 4.42 Å². The van der Waals surface area contributed by atoms with Gasteiger partial charge in [0.1, 0.15) is 4.88 Å². The van der Waals surface area contributed by atoms with Gasteiger partial charge in [0.05, 0.1) is 11.7 Å². The van der Waals surface area contributed by atoms with Crippen LogP contribution in [-0.2, 0) is 6.67 Å². The predicted molar refractivity (Wildman–Crippen MR) is 114 cm³/mol. The molecule has 8 heteroatoms. The normalized spacial score (nSPS) is 17.9. The van der Waals surface area contributed by atoms with E-state index in [1.165, 1.54) is 17.7 Å². The Morgan fingerprint density at radius 3 is 2.96 bits per heavy atom. The smallest absolute Gasteiger partial charge is 0.288 e. The van der Waals surface area contributed by atoms with E-state index in [-0.39, 0.29) is 0 Å². The Hall–Kier alpha value is -1.51. The Kier molecular flexibility index (Phi) is 4.65. The molecule has 0 unspecified atom stereocenters. The molecule has 0 amide bonds. The SMILES string of the molecule is S=c1oc(-c2sc3ccccc3c2Cl)nn1CN1CCC[C@@H]1c1cccs1. The molecule has 138 valence electrons. The summed E-state index contributed by atoms with van der Waals surface area (Å²) in [6.07, 6.45) is 2.35. The molecule has 1 aromatic carbocycles. The summed E-state index contributed by atoms with van der Waals surface area (Å²) in [4.78, 5) is 5.03. The largest absolute Gasteiger partial charge is 0.408 e. The average Bonchev–Trinajstić information content (AvgIpc) is 3.44. The Morgan fingerprint density at radius 2 is 2.15 bits per heavy atom. The molecule has 0 spiro atoms. The van der Waals surface area contributed by atoms with Gasteiger partial charge in [-0.3, -0.25) is 4.90 Å². The third-order valence-corrected chi connectivity index (χ3v) is 7.82. The van der Waals surface area contributed by atoms with Gasteiger partial charge < -0.3 is 4.42 Å². The highest BCUT2D eigenvalue weighted by molar-refractivity contribution is 7.71. The van der Waals surface area contributed by atoms with E-state index >= 15 is 0 Å². The number of hydrogen-bond acceptors (Lipinski definition) is 6. The number of hydrogen-bond donors (Lipinski definition) is 0. The van der Waals surface area contributed by atoms with E-state index in [9.17, 15) is 0 Å². The molecular formula is C19H16ClN3OS3. The highest BCUT2D eigenvalue weighted by Crippen LogP contribution is 2.41. The van der Waals surface area contributed by atoms with Crippen LogP contribution in [0.5, 0.6) is 0 Å². The molecule has 1 fully saturated rings. The first-order valence-corrected chi connectivity index (χ1v) is 11.2. The van der Waals surface area contributed by atoms with E-state index in [2.05, 4.69) is 33.6 Å². The van der Waals surface area contributed by atoms with Gasteiger partial charge in [-0.15, -0.1) is 27.8 Å².